The Bertz CT molecular complexity index is 299. The number of esters is 1. The van der Waals surface area contributed by atoms with Gasteiger partial charge >= 0.3 is 5.97 Å². The van der Waals surface area contributed by atoms with E-state index in [9.17, 15) is 9.59 Å². The van der Waals surface area contributed by atoms with Crippen LogP contribution in [0.3, 0.4) is 0 Å². The van der Waals surface area contributed by atoms with Crippen molar-refractivity contribution < 1.29 is 19.4 Å². The summed E-state index contributed by atoms with van der Waals surface area (Å²) in [5.41, 5.74) is -1.11. The second-order valence-corrected chi connectivity index (χ2v) is 3.29. The highest BCUT2D eigenvalue weighted by Crippen LogP contribution is 2.30. The summed E-state index contributed by atoms with van der Waals surface area (Å²) in [6.45, 7) is 4.72. The van der Waals surface area contributed by atoms with Gasteiger partial charge in [-0.1, -0.05) is 6.58 Å². The van der Waals surface area contributed by atoms with Gasteiger partial charge < -0.3 is 15.2 Å². The van der Waals surface area contributed by atoms with E-state index in [1.165, 1.54) is 7.11 Å². The maximum Gasteiger partial charge on any atom is 0.338 e. The van der Waals surface area contributed by atoms with Gasteiger partial charge in [0.2, 0.25) is 5.91 Å². The van der Waals surface area contributed by atoms with Gasteiger partial charge in [0.05, 0.1) is 19.6 Å². The zero-order valence-electron chi connectivity index (χ0n) is 8.16. The second-order valence-electron chi connectivity index (χ2n) is 3.29. The summed E-state index contributed by atoms with van der Waals surface area (Å²) in [6, 6.07) is 0. The molecule has 5 nitrogen and oxygen atoms in total. The van der Waals surface area contributed by atoms with Crippen molar-refractivity contribution in [2.45, 2.75) is 12.5 Å². The highest BCUT2D eigenvalue weighted by Gasteiger charge is 2.52. The molecule has 1 aliphatic rings. The van der Waals surface area contributed by atoms with Crippen molar-refractivity contribution in [1.82, 2.24) is 5.32 Å². The fourth-order valence-corrected chi connectivity index (χ4v) is 1.49. The molecule has 1 aliphatic heterocycles. The van der Waals surface area contributed by atoms with Gasteiger partial charge in [-0.25, -0.2) is 4.79 Å². The van der Waals surface area contributed by atoms with Crippen LogP contribution in [0.4, 0.5) is 0 Å². The first kappa shape index (κ1) is 10.7. The maximum atomic E-state index is 11.4. The van der Waals surface area contributed by atoms with Gasteiger partial charge in [0.1, 0.15) is 0 Å². The molecule has 0 aromatic carbocycles. The van der Waals surface area contributed by atoms with Crippen molar-refractivity contribution in [3.05, 3.63) is 12.2 Å². The lowest BCUT2D eigenvalue weighted by Crippen LogP contribution is -2.53. The van der Waals surface area contributed by atoms with Crippen LogP contribution in [0.2, 0.25) is 0 Å². The number of carbonyl (C=O) groups is 2. The van der Waals surface area contributed by atoms with Gasteiger partial charge in [-0.15, -0.1) is 0 Å². The largest absolute Gasteiger partial charge is 0.467 e. The number of amides is 1. The van der Waals surface area contributed by atoms with Gasteiger partial charge in [-0.05, 0) is 12.5 Å². The van der Waals surface area contributed by atoms with E-state index < -0.39 is 24.0 Å². The van der Waals surface area contributed by atoms with Crippen molar-refractivity contribution in [3.8, 4) is 0 Å². The number of rotatable bonds is 2. The Hall–Kier alpha value is -1.36. The van der Waals surface area contributed by atoms with Crippen LogP contribution >= 0.6 is 0 Å². The van der Waals surface area contributed by atoms with Gasteiger partial charge in [0, 0.05) is 0 Å². The van der Waals surface area contributed by atoms with Crippen LogP contribution in [0.5, 0.6) is 0 Å². The second kappa shape index (κ2) is 3.42. The fraction of sp³-hybridized carbons (Fsp3) is 0.556. The number of hydrogen-bond donors (Lipinski definition) is 2. The molecule has 1 heterocycles. The summed E-state index contributed by atoms with van der Waals surface area (Å²) in [6.07, 6.45) is 0. The van der Waals surface area contributed by atoms with Gasteiger partial charge in [-0.2, -0.15) is 0 Å². The Kier molecular flexibility index (Phi) is 2.62. The summed E-state index contributed by atoms with van der Waals surface area (Å²) in [4.78, 5) is 22.7. The van der Waals surface area contributed by atoms with Gasteiger partial charge in [0.15, 0.2) is 5.54 Å². The SMILES string of the molecule is C=C1[C@@H](C)C(=O)N[C@]1(CO)C(=O)OC. The molecule has 0 radical (unpaired) electrons. The molecule has 14 heavy (non-hydrogen) atoms. The molecule has 2 atom stereocenters. The summed E-state index contributed by atoms with van der Waals surface area (Å²) in [7, 11) is 1.20. The van der Waals surface area contributed by atoms with Crippen LogP contribution in [0.25, 0.3) is 0 Å². The summed E-state index contributed by atoms with van der Waals surface area (Å²) in [5.74, 6) is -1.50. The fourth-order valence-electron chi connectivity index (χ4n) is 1.49. The van der Waals surface area contributed by atoms with Gasteiger partial charge in [-0.3, -0.25) is 4.79 Å². The first-order chi connectivity index (χ1) is 6.49. The summed E-state index contributed by atoms with van der Waals surface area (Å²) in [5, 5.41) is 11.6. The van der Waals surface area contributed by atoms with E-state index in [4.69, 9.17) is 5.11 Å². The maximum absolute atomic E-state index is 11.4. The van der Waals surface area contributed by atoms with Crippen LogP contribution in [0, 0.1) is 5.92 Å². The van der Waals surface area contributed by atoms with Crippen molar-refractivity contribution in [2.75, 3.05) is 13.7 Å². The molecule has 1 amide bonds. The molecule has 0 spiro atoms. The molecule has 0 unspecified atom stereocenters. The molecule has 0 aromatic heterocycles. The van der Waals surface area contributed by atoms with Crippen LogP contribution in [0.15, 0.2) is 12.2 Å². The average molecular weight is 199 g/mol. The van der Waals surface area contributed by atoms with E-state index >= 15 is 0 Å². The molecular formula is C9H13NO4. The third-order valence-electron chi connectivity index (χ3n) is 2.57. The van der Waals surface area contributed by atoms with E-state index in [0.29, 0.717) is 5.57 Å². The number of methoxy groups -OCH3 is 1. The number of aliphatic hydroxyl groups excluding tert-OH is 1. The molecule has 0 bridgehead atoms. The minimum Gasteiger partial charge on any atom is -0.467 e. The number of aliphatic hydroxyl groups is 1. The van der Waals surface area contributed by atoms with Crippen LogP contribution < -0.4 is 5.32 Å². The van der Waals surface area contributed by atoms with E-state index in [1.807, 2.05) is 0 Å². The number of hydrogen-bond acceptors (Lipinski definition) is 4. The standard InChI is InChI=1S/C9H13NO4/c1-5-6(2)9(4-11,8(13)14-3)10-7(5)12/h5,11H,2,4H2,1,3H3,(H,10,12)/t5-,9+/m1/s1. The normalized spacial score (nSPS) is 31.5. The number of ether oxygens (including phenoxy) is 1. The minimum atomic E-state index is -1.45. The number of carbonyl (C=O) groups excluding carboxylic acids is 2. The molecule has 0 aromatic rings. The van der Waals surface area contributed by atoms with Crippen molar-refractivity contribution in [2.24, 2.45) is 5.92 Å². The van der Waals surface area contributed by atoms with Crippen molar-refractivity contribution in [3.63, 3.8) is 0 Å². The predicted molar refractivity (Wildman–Crippen MR) is 48.3 cm³/mol. The Morgan fingerprint density at radius 2 is 2.36 bits per heavy atom. The molecule has 1 fully saturated rings. The van der Waals surface area contributed by atoms with Gasteiger partial charge in [0.25, 0.3) is 0 Å². The zero-order chi connectivity index (χ0) is 10.9. The molecular weight excluding hydrogens is 186 g/mol. The lowest BCUT2D eigenvalue weighted by Gasteiger charge is -2.24. The van der Waals surface area contributed by atoms with Crippen molar-refractivity contribution >= 4 is 11.9 Å². The predicted octanol–water partition coefficient (Wildman–Crippen LogP) is -0.787. The number of nitrogens with one attached hydrogen (secondary N) is 1. The minimum absolute atomic E-state index is 0.325. The van der Waals surface area contributed by atoms with Crippen molar-refractivity contribution in [1.29, 1.82) is 0 Å². The monoisotopic (exact) mass is 199 g/mol. The lowest BCUT2D eigenvalue weighted by atomic mass is 9.89. The lowest BCUT2D eigenvalue weighted by molar-refractivity contribution is -0.149. The van der Waals surface area contributed by atoms with Crippen LogP contribution in [-0.2, 0) is 14.3 Å². The first-order valence-corrected chi connectivity index (χ1v) is 4.20. The molecule has 5 heteroatoms. The van der Waals surface area contributed by atoms with Crippen LogP contribution in [-0.4, -0.2) is 36.2 Å². The van der Waals surface area contributed by atoms with E-state index in [2.05, 4.69) is 16.6 Å². The Balaban J connectivity index is 3.09. The zero-order valence-corrected chi connectivity index (χ0v) is 8.16. The Labute approximate surface area is 81.7 Å². The molecule has 0 saturated carbocycles. The third kappa shape index (κ3) is 1.21. The summed E-state index contributed by atoms with van der Waals surface area (Å²) < 4.78 is 4.52. The topological polar surface area (TPSA) is 75.6 Å². The molecule has 0 aliphatic carbocycles. The first-order valence-electron chi connectivity index (χ1n) is 4.20. The highest BCUT2D eigenvalue weighted by atomic mass is 16.5. The third-order valence-corrected chi connectivity index (χ3v) is 2.57. The highest BCUT2D eigenvalue weighted by molar-refractivity contribution is 5.98. The van der Waals surface area contributed by atoms with E-state index in [0.717, 1.165) is 0 Å². The average Bonchev–Trinajstić information content (AvgIpc) is 2.42. The molecule has 1 rings (SSSR count). The molecule has 2 N–H and O–H groups in total. The van der Waals surface area contributed by atoms with E-state index in [1.54, 1.807) is 6.92 Å². The Morgan fingerprint density at radius 1 is 1.79 bits per heavy atom. The van der Waals surface area contributed by atoms with E-state index in [-0.39, 0.29) is 5.91 Å². The molecule has 78 valence electrons. The van der Waals surface area contributed by atoms with Crippen LogP contribution in [0.1, 0.15) is 6.92 Å². The Morgan fingerprint density at radius 3 is 2.64 bits per heavy atom. The quantitative estimate of drug-likeness (QED) is 0.451. The smallest absolute Gasteiger partial charge is 0.338 e. The molecule has 1 saturated heterocycles. The summed E-state index contributed by atoms with van der Waals surface area (Å²) >= 11 is 0.